The summed E-state index contributed by atoms with van der Waals surface area (Å²) in [5.74, 6) is -11.9. The number of nitrogens with two attached hydrogens (primary N) is 5. The average molecular weight is 1350 g/mol. The fourth-order valence-electron chi connectivity index (χ4n) is 10.2. The normalized spacial score (nSPS) is 17.9. The van der Waals surface area contributed by atoms with Crippen molar-refractivity contribution in [1.82, 2.24) is 78.3 Å². The number of rotatable bonds is 41. The number of primary amides is 1. The molecule has 26 N–H and O–H groups in total. The van der Waals surface area contributed by atoms with Gasteiger partial charge >= 0.3 is 0 Å². The molecular weight excluding hydrogens is 1260 g/mol. The van der Waals surface area contributed by atoms with Crippen LogP contribution in [0, 0.1) is 16.7 Å². The second-order valence-electron chi connectivity index (χ2n) is 22.6. The Labute approximate surface area is 549 Å². The molecule has 13 atom stereocenters. The lowest BCUT2D eigenvalue weighted by Crippen LogP contribution is -2.62. The molecule has 3 rings (SSSR count). The Morgan fingerprint density at radius 2 is 1.10 bits per heavy atom. The van der Waals surface area contributed by atoms with Gasteiger partial charge in [-0.05, 0) is 90.0 Å². The molecule has 522 valence electrons. The molecule has 2 aliphatic heterocycles. The van der Waals surface area contributed by atoms with Crippen LogP contribution in [0.4, 0.5) is 0 Å². The van der Waals surface area contributed by atoms with Crippen molar-refractivity contribution >= 4 is 108 Å². The summed E-state index contributed by atoms with van der Waals surface area (Å²) in [5.41, 5.74) is 27.9. The molecule has 2 fully saturated rings. The fourth-order valence-corrected chi connectivity index (χ4v) is 10.7. The van der Waals surface area contributed by atoms with Crippen molar-refractivity contribution in [2.75, 3.05) is 57.4 Å². The highest BCUT2D eigenvalue weighted by atomic mass is 32.1. The number of carbonyl (C=O) groups excluding carboxylic acids is 12. The first-order valence-electron chi connectivity index (χ1n) is 30.8. The topological polar surface area (TPSA) is 591 Å². The zero-order valence-electron chi connectivity index (χ0n) is 52.6. The predicted molar refractivity (Wildman–Crippen MR) is 345 cm³/mol. The highest BCUT2D eigenvalue weighted by molar-refractivity contribution is 7.80. The van der Waals surface area contributed by atoms with E-state index in [0.717, 1.165) is 0 Å². The molecule has 12 amide bonds. The summed E-state index contributed by atoms with van der Waals surface area (Å²) in [4.78, 5) is 174. The number of aliphatic hydroxyl groups excluding tert-OH is 2. The average Bonchev–Trinajstić information content (AvgIpc) is 1.71. The van der Waals surface area contributed by atoms with Gasteiger partial charge in [-0.15, -0.1) is 0 Å². The van der Waals surface area contributed by atoms with Crippen molar-refractivity contribution in [2.24, 2.45) is 34.6 Å². The smallest absolute Gasteiger partial charge is 0.246 e. The first kappa shape index (κ1) is 79.2. The van der Waals surface area contributed by atoms with E-state index in [1.54, 1.807) is 13.8 Å². The maximum absolute atomic E-state index is 14.7. The van der Waals surface area contributed by atoms with Gasteiger partial charge in [0.25, 0.3) is 0 Å². The molecule has 38 heteroatoms. The van der Waals surface area contributed by atoms with E-state index in [1.165, 1.54) is 29.2 Å². The Hall–Kier alpha value is -8.07. The molecule has 93 heavy (non-hydrogen) atoms. The van der Waals surface area contributed by atoms with Crippen molar-refractivity contribution in [3.8, 4) is 0 Å². The molecule has 2 aliphatic rings. The number of aromatic nitrogens is 2. The summed E-state index contributed by atoms with van der Waals surface area (Å²) < 4.78 is 0. The van der Waals surface area contributed by atoms with Crippen LogP contribution in [-0.4, -0.2) is 243 Å². The highest BCUT2D eigenvalue weighted by Crippen LogP contribution is 2.27. The monoisotopic (exact) mass is 1350 g/mol. The van der Waals surface area contributed by atoms with Crippen LogP contribution >= 0.6 is 25.3 Å². The number of thiol groups is 2. The number of nitrogens with zero attached hydrogens (tertiary/aromatic N) is 3. The van der Waals surface area contributed by atoms with E-state index in [1.807, 2.05) is 0 Å². The molecule has 1 aromatic heterocycles. The van der Waals surface area contributed by atoms with Gasteiger partial charge in [-0.1, -0.05) is 20.3 Å². The lowest BCUT2D eigenvalue weighted by atomic mass is 9.96. The summed E-state index contributed by atoms with van der Waals surface area (Å²) in [7, 11) is 0. The number of likely N-dealkylation sites (tertiary alicyclic amines) is 2. The van der Waals surface area contributed by atoms with Crippen LogP contribution in [0.25, 0.3) is 0 Å². The molecule has 1 aromatic rings. The molecule has 36 nitrogen and oxygen atoms in total. The van der Waals surface area contributed by atoms with Gasteiger partial charge in [-0.3, -0.25) is 68.4 Å². The lowest BCUT2D eigenvalue weighted by Gasteiger charge is -2.35. The standard InChI is InChI=1S/C55H96N22O14S2/c1-4-28(2)41(74-47(85)35(24-78)71-45(83)32(11-5-6-16-56)69-51(89)42(29(3)79)75-49(87)37(26-93)73-44(82)31(67-40(80)22-57)12-7-17-64-54(59)60)53(91)77-20-10-15-39(77)52(90)76-19-9-14-38(76)50(88)68-33(13-8-18-65-55(61)62)46(84)72-36(25-92)48(86)70-34(43(58)81)21-30-23-63-27-66-30/h23,27-29,31-39,41-42,78-79,92-93H,4-22,24-26,56-57H2,1-3H3,(H2,58,81)(H,63,66)(H,67,80)(H,68,88)(H,69,89)(H,70,86)(H,71,83)(H,72,84)(H,73,82)(H,74,85)(H,75,87)(H4,59,60,64)(H4,61,62,65)/t28-,29+,31-,32?,33-,34?,35-,36-,37?,38-,39-,41-,42-/m0/s1. The van der Waals surface area contributed by atoms with Crippen LogP contribution in [0.1, 0.15) is 104 Å². The number of unbranched alkanes of at least 4 members (excludes halogenated alkanes) is 1. The second kappa shape index (κ2) is 40.8. The molecule has 0 saturated carbocycles. The number of aliphatic hydroxyl groups is 2. The van der Waals surface area contributed by atoms with Crippen LogP contribution in [0.2, 0.25) is 0 Å². The third kappa shape index (κ3) is 25.7. The number of amides is 12. The van der Waals surface area contributed by atoms with Gasteiger partial charge in [-0.25, -0.2) is 4.98 Å². The Balaban J connectivity index is 1.78. The predicted octanol–water partition coefficient (Wildman–Crippen LogP) is -8.32. The number of nitrogens with one attached hydrogen (secondary N) is 14. The van der Waals surface area contributed by atoms with E-state index in [4.69, 9.17) is 39.5 Å². The minimum Gasteiger partial charge on any atom is -0.394 e. The summed E-state index contributed by atoms with van der Waals surface area (Å²) in [6.45, 7) is 3.78. The molecule has 2 saturated heterocycles. The molecule has 0 aromatic carbocycles. The second-order valence-corrected chi connectivity index (χ2v) is 23.4. The number of hydrogen-bond acceptors (Lipinski definition) is 21. The molecule has 0 radical (unpaired) electrons. The van der Waals surface area contributed by atoms with Gasteiger partial charge in [0.1, 0.15) is 66.5 Å². The quantitative estimate of drug-likeness (QED) is 0.0125. The molecule has 3 heterocycles. The van der Waals surface area contributed by atoms with E-state index in [-0.39, 0.29) is 114 Å². The Morgan fingerprint density at radius 1 is 0.624 bits per heavy atom. The van der Waals surface area contributed by atoms with Gasteiger partial charge in [0.05, 0.1) is 31.3 Å². The first-order chi connectivity index (χ1) is 44.2. The molecule has 0 bridgehead atoms. The van der Waals surface area contributed by atoms with Crippen LogP contribution in [0.3, 0.4) is 0 Å². The maximum atomic E-state index is 14.7. The van der Waals surface area contributed by atoms with Gasteiger partial charge in [0.2, 0.25) is 70.9 Å². The Morgan fingerprint density at radius 3 is 1.59 bits per heavy atom. The third-order valence-electron chi connectivity index (χ3n) is 15.6. The number of hydrogen-bond donors (Lipinski definition) is 23. The zero-order valence-corrected chi connectivity index (χ0v) is 54.4. The SMILES string of the molecule is CC[C@H](C)[C@H](NC(=O)[C@H](CO)NC(=O)C(CCCCN)NC(=O)[C@@H](NC(=O)C(CS)NC(=O)[C@H](CCCNC(=N)N)NC(=O)CN)[C@@H](C)O)C(=O)N1CCC[C@H]1C(=O)N1CCC[C@H]1C(=O)N[C@@H](CCCNC(=N)N)C(=O)N[C@@H](CS)C(=O)NC(Cc1c[nH]cn1)C(N)=O. The first-order valence-corrected chi connectivity index (χ1v) is 32.1. The largest absolute Gasteiger partial charge is 0.394 e. The number of aromatic amines is 1. The van der Waals surface area contributed by atoms with Gasteiger partial charge < -0.3 is 112 Å². The van der Waals surface area contributed by atoms with Crippen molar-refractivity contribution in [3.05, 3.63) is 18.2 Å². The van der Waals surface area contributed by atoms with Crippen LogP contribution < -0.4 is 87.2 Å². The number of guanidine groups is 2. The summed E-state index contributed by atoms with van der Waals surface area (Å²) in [5, 5.41) is 64.0. The van der Waals surface area contributed by atoms with Crippen molar-refractivity contribution in [1.29, 1.82) is 10.8 Å². The molecule has 3 unspecified atom stereocenters. The van der Waals surface area contributed by atoms with Crippen LogP contribution in [0.5, 0.6) is 0 Å². The minimum absolute atomic E-state index is 0.0259. The van der Waals surface area contributed by atoms with Crippen LogP contribution in [0.15, 0.2) is 12.5 Å². The Kier molecular flexibility index (Phi) is 34.7. The maximum Gasteiger partial charge on any atom is 0.246 e. The van der Waals surface area contributed by atoms with Gasteiger partial charge in [-0.2, -0.15) is 25.3 Å². The highest BCUT2D eigenvalue weighted by Gasteiger charge is 2.45. The zero-order chi connectivity index (χ0) is 69.5. The number of H-pyrrole nitrogens is 1. The lowest BCUT2D eigenvalue weighted by molar-refractivity contribution is -0.149. The molecule has 0 aliphatic carbocycles. The number of imidazole rings is 1. The van der Waals surface area contributed by atoms with Crippen molar-refractivity contribution in [3.63, 3.8) is 0 Å². The van der Waals surface area contributed by atoms with E-state index in [0.29, 0.717) is 31.4 Å². The Bertz CT molecular complexity index is 2720. The van der Waals surface area contributed by atoms with Gasteiger partial charge in [0.15, 0.2) is 11.9 Å². The molecule has 0 spiro atoms. The van der Waals surface area contributed by atoms with E-state index in [9.17, 15) is 67.7 Å². The van der Waals surface area contributed by atoms with E-state index >= 15 is 0 Å². The summed E-state index contributed by atoms with van der Waals surface area (Å²) >= 11 is 8.42. The fraction of sp³-hybridized carbons (Fsp3) is 0.691. The summed E-state index contributed by atoms with van der Waals surface area (Å²) in [6.07, 6.45) is 3.55. The van der Waals surface area contributed by atoms with Gasteiger partial charge in [0, 0.05) is 50.3 Å². The van der Waals surface area contributed by atoms with E-state index < -0.39 is 163 Å². The van der Waals surface area contributed by atoms with E-state index in [2.05, 4.69) is 93.7 Å². The summed E-state index contributed by atoms with van der Waals surface area (Å²) in [6, 6.07) is -15.0. The molecular formula is C55H96N22O14S2. The van der Waals surface area contributed by atoms with Crippen molar-refractivity contribution < 1.29 is 67.7 Å². The minimum atomic E-state index is -1.75. The van der Waals surface area contributed by atoms with Crippen molar-refractivity contribution in [2.45, 2.75) is 177 Å². The number of carbonyl (C=O) groups is 12. The third-order valence-corrected chi connectivity index (χ3v) is 16.3. The van der Waals surface area contributed by atoms with Crippen LogP contribution in [-0.2, 0) is 64.0 Å².